The number of carbonyl (C=O) groups is 2. The number of benzene rings is 1. The van der Waals surface area contributed by atoms with Crippen LogP contribution in [-0.4, -0.2) is 121 Å². The van der Waals surface area contributed by atoms with E-state index in [0.717, 1.165) is 5.52 Å². The SMILES string of the molecule is O=C1N(Cc2nc3cc(Cl)ccc3n2CCCS(=O)(=O)CCOCCOCCOCCOCI)c2cnccc2C12CCN(C(=O)C1(C(F)(F)F)CC1)CC2. The van der Waals surface area contributed by atoms with E-state index in [1.165, 1.54) is 4.90 Å². The number of aromatic nitrogens is 3. The van der Waals surface area contributed by atoms with Gasteiger partial charge in [0.1, 0.15) is 11.2 Å². The summed E-state index contributed by atoms with van der Waals surface area (Å²) in [5.41, 5.74) is -0.769. The van der Waals surface area contributed by atoms with Gasteiger partial charge in [0.2, 0.25) is 11.8 Å². The van der Waals surface area contributed by atoms with Gasteiger partial charge in [-0.05, 0) is 61.9 Å². The van der Waals surface area contributed by atoms with E-state index in [0.29, 0.717) is 71.8 Å². The molecule has 0 atom stereocenters. The van der Waals surface area contributed by atoms with Crippen LogP contribution >= 0.6 is 34.2 Å². The van der Waals surface area contributed by atoms with Crippen LogP contribution in [0.4, 0.5) is 18.9 Å². The predicted molar refractivity (Wildman–Crippen MR) is 206 cm³/mol. The van der Waals surface area contributed by atoms with Crippen molar-refractivity contribution in [1.29, 1.82) is 0 Å². The molecule has 2 aliphatic heterocycles. The average Bonchev–Trinajstić information content (AvgIpc) is 3.88. The van der Waals surface area contributed by atoms with Gasteiger partial charge in [-0.2, -0.15) is 13.2 Å². The van der Waals surface area contributed by atoms with E-state index in [-0.39, 0.29) is 82.4 Å². The lowest BCUT2D eigenvalue weighted by Crippen LogP contribution is -2.53. The Bertz CT molecular complexity index is 1940. The van der Waals surface area contributed by atoms with E-state index >= 15 is 0 Å². The van der Waals surface area contributed by atoms with Crippen LogP contribution in [0.5, 0.6) is 0 Å². The maximum atomic E-state index is 14.4. The second-order valence-electron chi connectivity index (χ2n) is 13.9. The maximum absolute atomic E-state index is 14.4. The zero-order chi connectivity index (χ0) is 39.3. The minimum atomic E-state index is -4.61. The van der Waals surface area contributed by atoms with Crippen molar-refractivity contribution < 1.29 is 50.1 Å². The highest BCUT2D eigenvalue weighted by Crippen LogP contribution is 2.59. The molecule has 0 N–H and O–H groups in total. The number of ether oxygens (including phenoxy) is 4. The minimum absolute atomic E-state index is 0.0211. The molecule has 13 nitrogen and oxygen atoms in total. The first-order valence-electron chi connectivity index (χ1n) is 18.2. The molecule has 1 saturated carbocycles. The van der Waals surface area contributed by atoms with E-state index in [1.807, 2.05) is 4.57 Å². The van der Waals surface area contributed by atoms with Gasteiger partial charge in [-0.15, -0.1) is 0 Å². The van der Waals surface area contributed by atoms with Crippen molar-refractivity contribution in [1.82, 2.24) is 19.4 Å². The number of fused-ring (bicyclic) bond motifs is 3. The number of nitrogens with zero attached hydrogens (tertiary/aromatic N) is 5. The first-order chi connectivity index (χ1) is 26.3. The summed E-state index contributed by atoms with van der Waals surface area (Å²) in [5, 5.41) is 0.466. The summed E-state index contributed by atoms with van der Waals surface area (Å²) >= 11 is 8.41. The molecule has 1 spiro atoms. The number of imidazole rings is 1. The highest BCUT2D eigenvalue weighted by Gasteiger charge is 2.69. The Kier molecular flexibility index (Phi) is 13.7. The maximum Gasteiger partial charge on any atom is 0.403 e. The molecule has 3 aromatic rings. The number of hydrogen-bond acceptors (Lipinski definition) is 10. The van der Waals surface area contributed by atoms with Crippen LogP contribution in [-0.2, 0) is 56.9 Å². The number of anilines is 1. The number of amides is 2. The van der Waals surface area contributed by atoms with Crippen molar-refractivity contribution in [2.45, 2.75) is 56.8 Å². The van der Waals surface area contributed by atoms with Crippen molar-refractivity contribution in [2.24, 2.45) is 5.41 Å². The summed E-state index contributed by atoms with van der Waals surface area (Å²) in [6, 6.07) is 6.98. The lowest BCUT2D eigenvalue weighted by atomic mass is 9.73. The van der Waals surface area contributed by atoms with Crippen LogP contribution in [0.25, 0.3) is 11.0 Å². The molecule has 3 aliphatic rings. The first-order valence-corrected chi connectivity index (χ1v) is 21.9. The Balaban J connectivity index is 1.06. The third kappa shape index (κ3) is 9.41. The summed E-state index contributed by atoms with van der Waals surface area (Å²) in [5.74, 6) is -0.887. The standard InChI is InChI=1S/C36H44ClF3IN5O8S/c37-26-2-3-29-28(22-26)43-31(45(29)10-1-20-55(49,50)21-19-53-16-15-51-13-14-52-17-18-54-25-41)24-46-30-23-42-9-4-27(30)34(32(46)47)7-11-44(12-8-34)33(48)35(5-6-35)36(38,39)40/h2-4,9,22-23H,1,5-8,10-21,24-25H2. The Morgan fingerprint density at radius 2 is 1.58 bits per heavy atom. The minimum Gasteiger partial charge on any atom is -0.378 e. The molecule has 0 bridgehead atoms. The van der Waals surface area contributed by atoms with Gasteiger partial charge in [0.05, 0.1) is 97.2 Å². The van der Waals surface area contributed by atoms with E-state index in [1.54, 1.807) is 41.6 Å². The van der Waals surface area contributed by atoms with E-state index in [4.69, 9.17) is 35.5 Å². The van der Waals surface area contributed by atoms with Gasteiger partial charge >= 0.3 is 6.18 Å². The molecule has 4 heterocycles. The van der Waals surface area contributed by atoms with Crippen LogP contribution < -0.4 is 4.90 Å². The summed E-state index contributed by atoms with van der Waals surface area (Å²) < 4.78 is 91.1. The summed E-state index contributed by atoms with van der Waals surface area (Å²) in [6.07, 6.45) is -1.25. The number of piperidine rings is 1. The number of pyridine rings is 1. The number of halogens is 5. The fourth-order valence-corrected chi connectivity index (χ4v) is 9.00. The second kappa shape index (κ2) is 17.9. The lowest BCUT2D eigenvalue weighted by molar-refractivity contribution is -0.199. The third-order valence-electron chi connectivity index (χ3n) is 10.5. The monoisotopic (exact) mass is 925 g/mol. The zero-order valence-electron chi connectivity index (χ0n) is 30.2. The fraction of sp³-hybridized carbons (Fsp3) is 0.611. The topological polar surface area (TPSA) is 142 Å². The second-order valence-corrected chi connectivity index (χ2v) is 17.3. The largest absolute Gasteiger partial charge is 0.403 e. The average molecular weight is 926 g/mol. The molecule has 2 fully saturated rings. The molecule has 6 rings (SSSR count). The molecular weight excluding hydrogens is 882 g/mol. The molecule has 1 aromatic carbocycles. The molecule has 19 heteroatoms. The van der Waals surface area contributed by atoms with E-state index < -0.39 is 32.8 Å². The molecule has 2 aromatic heterocycles. The van der Waals surface area contributed by atoms with E-state index in [2.05, 4.69) is 27.6 Å². The molecule has 0 radical (unpaired) electrons. The molecule has 0 unspecified atom stereocenters. The number of sulfone groups is 1. The van der Waals surface area contributed by atoms with Crippen molar-refractivity contribution in [2.75, 3.05) is 80.4 Å². The van der Waals surface area contributed by atoms with Gasteiger partial charge in [-0.1, -0.05) is 34.2 Å². The Labute approximate surface area is 336 Å². The Morgan fingerprint density at radius 3 is 2.22 bits per heavy atom. The highest BCUT2D eigenvalue weighted by atomic mass is 127. The van der Waals surface area contributed by atoms with E-state index in [9.17, 15) is 31.2 Å². The quantitative estimate of drug-likeness (QED) is 0.0855. The van der Waals surface area contributed by atoms with Crippen LogP contribution in [0.1, 0.15) is 43.5 Å². The molecule has 1 aliphatic carbocycles. The van der Waals surface area contributed by atoms with Gasteiger partial charge in [0.15, 0.2) is 9.84 Å². The van der Waals surface area contributed by atoms with Crippen LogP contribution in [0.2, 0.25) is 5.02 Å². The molecule has 1 saturated heterocycles. The number of carbonyl (C=O) groups excluding carboxylic acids is 2. The first kappa shape index (κ1) is 42.0. The summed E-state index contributed by atoms with van der Waals surface area (Å²) in [4.78, 5) is 39.4. The number of hydrogen-bond donors (Lipinski definition) is 0. The lowest BCUT2D eigenvalue weighted by Gasteiger charge is -2.40. The number of aryl methyl sites for hydroxylation is 1. The van der Waals surface area contributed by atoms with Gasteiger partial charge in [-0.3, -0.25) is 14.6 Å². The van der Waals surface area contributed by atoms with Gasteiger partial charge in [0.25, 0.3) is 0 Å². The molecule has 55 heavy (non-hydrogen) atoms. The normalized spacial score (nSPS) is 17.7. The summed E-state index contributed by atoms with van der Waals surface area (Å²) in [6.45, 7) is 2.82. The summed E-state index contributed by atoms with van der Waals surface area (Å²) in [7, 11) is -3.45. The van der Waals surface area contributed by atoms with Gasteiger partial charge in [0, 0.05) is 30.9 Å². The predicted octanol–water partition coefficient (Wildman–Crippen LogP) is 5.10. The van der Waals surface area contributed by atoms with Crippen LogP contribution in [0, 0.1) is 5.41 Å². The zero-order valence-corrected chi connectivity index (χ0v) is 33.9. The van der Waals surface area contributed by atoms with Crippen LogP contribution in [0.3, 0.4) is 0 Å². The smallest absolute Gasteiger partial charge is 0.378 e. The van der Waals surface area contributed by atoms with Crippen molar-refractivity contribution in [3.8, 4) is 0 Å². The highest BCUT2D eigenvalue weighted by molar-refractivity contribution is 14.1. The number of alkyl halides is 4. The number of likely N-dealkylation sites (tertiary alicyclic amines) is 1. The fourth-order valence-electron chi connectivity index (χ4n) is 7.38. The molecule has 302 valence electrons. The van der Waals surface area contributed by atoms with Crippen LogP contribution in [0.15, 0.2) is 36.7 Å². The van der Waals surface area contributed by atoms with Crippen molar-refractivity contribution in [3.05, 3.63) is 53.1 Å². The van der Waals surface area contributed by atoms with Crippen molar-refractivity contribution >= 4 is 72.6 Å². The number of rotatable bonds is 20. The molecular formula is C36H44ClF3IN5O8S. The Hall–Kier alpha value is -2.62. The third-order valence-corrected chi connectivity index (χ3v) is 12.9. The molecule has 2 amide bonds. The van der Waals surface area contributed by atoms with Crippen molar-refractivity contribution in [3.63, 3.8) is 0 Å². The van der Waals surface area contributed by atoms with Gasteiger partial charge < -0.3 is 33.3 Å². The van der Waals surface area contributed by atoms with Gasteiger partial charge in [-0.25, -0.2) is 13.4 Å². The Morgan fingerprint density at radius 1 is 0.927 bits per heavy atom.